The first-order valence-corrected chi connectivity index (χ1v) is 12.5. The molecule has 0 spiro atoms. The van der Waals surface area contributed by atoms with Crippen molar-refractivity contribution in [3.8, 4) is 0 Å². The Kier molecular flexibility index (Phi) is 8.38. The predicted molar refractivity (Wildman–Crippen MR) is 132 cm³/mol. The standard InChI is InChI=1S/C25H31ClF3N5O/c26-20-4-6-22(7-5-20)33-16-14-32(15-17-33)11-1-2-24(35)31-21-9-12-34(13-10-21)23-8-3-19(18-30-23)25(27,28)29/h3-8,18,21H,1-2,9-17H2,(H,31,35). The molecule has 1 aromatic heterocycles. The van der Waals surface area contributed by atoms with Crippen LogP contribution in [0.5, 0.6) is 0 Å². The van der Waals surface area contributed by atoms with Crippen LogP contribution in [0.25, 0.3) is 0 Å². The number of aromatic nitrogens is 1. The Labute approximate surface area is 209 Å². The number of hydrogen-bond donors (Lipinski definition) is 1. The molecule has 0 unspecified atom stereocenters. The fraction of sp³-hybridized carbons (Fsp3) is 0.520. The van der Waals surface area contributed by atoms with Gasteiger partial charge in [0.15, 0.2) is 0 Å². The second kappa shape index (κ2) is 11.5. The summed E-state index contributed by atoms with van der Waals surface area (Å²) in [5, 5.41) is 3.86. The topological polar surface area (TPSA) is 51.7 Å². The van der Waals surface area contributed by atoms with Gasteiger partial charge in [-0.15, -0.1) is 0 Å². The summed E-state index contributed by atoms with van der Waals surface area (Å²) in [6, 6.07) is 10.5. The molecule has 1 aromatic carbocycles. The monoisotopic (exact) mass is 509 g/mol. The second-order valence-electron chi connectivity index (χ2n) is 9.14. The smallest absolute Gasteiger partial charge is 0.369 e. The summed E-state index contributed by atoms with van der Waals surface area (Å²) in [5.41, 5.74) is 0.445. The van der Waals surface area contributed by atoms with Crippen molar-refractivity contribution in [3.05, 3.63) is 53.2 Å². The lowest BCUT2D eigenvalue weighted by molar-refractivity contribution is -0.137. The van der Waals surface area contributed by atoms with Crippen molar-refractivity contribution in [2.45, 2.75) is 37.9 Å². The van der Waals surface area contributed by atoms with Gasteiger partial charge < -0.3 is 15.1 Å². The van der Waals surface area contributed by atoms with Gasteiger partial charge in [-0.3, -0.25) is 9.69 Å². The van der Waals surface area contributed by atoms with Crippen LogP contribution in [-0.4, -0.2) is 67.6 Å². The Morgan fingerprint density at radius 3 is 2.26 bits per heavy atom. The molecule has 0 aliphatic carbocycles. The van der Waals surface area contributed by atoms with E-state index in [2.05, 4.69) is 20.1 Å². The van der Waals surface area contributed by atoms with Crippen molar-refractivity contribution >= 4 is 29.0 Å². The lowest BCUT2D eigenvalue weighted by Gasteiger charge is -2.36. The lowest BCUT2D eigenvalue weighted by atomic mass is 10.0. The van der Waals surface area contributed by atoms with Crippen molar-refractivity contribution in [2.75, 3.05) is 55.6 Å². The molecule has 0 atom stereocenters. The molecule has 0 radical (unpaired) electrons. The number of benzene rings is 1. The molecule has 0 bridgehead atoms. The van der Waals surface area contributed by atoms with Gasteiger partial charge in [0, 0.05) is 68.6 Å². The molecule has 2 aliphatic rings. The Balaban J connectivity index is 1.11. The Morgan fingerprint density at radius 2 is 1.66 bits per heavy atom. The van der Waals surface area contributed by atoms with E-state index in [1.807, 2.05) is 29.2 Å². The summed E-state index contributed by atoms with van der Waals surface area (Å²) in [4.78, 5) is 23.1. The molecular weight excluding hydrogens is 479 g/mol. The van der Waals surface area contributed by atoms with Crippen LogP contribution in [0.15, 0.2) is 42.6 Å². The second-order valence-corrected chi connectivity index (χ2v) is 9.58. The molecular formula is C25H31ClF3N5O. The van der Waals surface area contributed by atoms with Crippen LogP contribution in [-0.2, 0) is 11.0 Å². The van der Waals surface area contributed by atoms with Crippen molar-refractivity contribution in [1.29, 1.82) is 0 Å². The van der Waals surface area contributed by atoms with Crippen molar-refractivity contribution in [3.63, 3.8) is 0 Å². The number of carbonyl (C=O) groups is 1. The molecule has 1 N–H and O–H groups in total. The first-order valence-electron chi connectivity index (χ1n) is 12.1. The number of piperidine rings is 1. The largest absolute Gasteiger partial charge is 0.417 e. The molecule has 10 heteroatoms. The van der Waals surface area contributed by atoms with E-state index in [0.717, 1.165) is 69.3 Å². The van der Waals surface area contributed by atoms with Crippen molar-refractivity contribution < 1.29 is 18.0 Å². The minimum atomic E-state index is -4.38. The molecule has 2 aromatic rings. The quantitative estimate of drug-likeness (QED) is 0.598. The van der Waals surface area contributed by atoms with Crippen LogP contribution >= 0.6 is 11.6 Å². The van der Waals surface area contributed by atoms with E-state index in [4.69, 9.17) is 11.6 Å². The summed E-state index contributed by atoms with van der Waals surface area (Å²) in [7, 11) is 0. The van der Waals surface area contributed by atoms with Gasteiger partial charge in [-0.25, -0.2) is 4.98 Å². The van der Waals surface area contributed by atoms with Gasteiger partial charge in [0.25, 0.3) is 0 Å². The van der Waals surface area contributed by atoms with Gasteiger partial charge in [0.2, 0.25) is 5.91 Å². The van der Waals surface area contributed by atoms with Crippen molar-refractivity contribution in [1.82, 2.24) is 15.2 Å². The van der Waals surface area contributed by atoms with Gasteiger partial charge in [0.05, 0.1) is 5.56 Å². The molecule has 3 heterocycles. The van der Waals surface area contributed by atoms with E-state index < -0.39 is 11.7 Å². The maximum absolute atomic E-state index is 12.7. The van der Waals surface area contributed by atoms with Gasteiger partial charge in [0.1, 0.15) is 5.82 Å². The molecule has 1 amide bonds. The summed E-state index contributed by atoms with van der Waals surface area (Å²) in [5.74, 6) is 0.606. The van der Waals surface area contributed by atoms with E-state index in [-0.39, 0.29) is 11.9 Å². The number of amides is 1. The number of halogens is 4. The van der Waals surface area contributed by atoms with Crippen LogP contribution < -0.4 is 15.1 Å². The first-order chi connectivity index (χ1) is 16.8. The SMILES string of the molecule is O=C(CCCN1CCN(c2ccc(Cl)cc2)CC1)NC1CCN(c2ccc(C(F)(F)F)cn2)CC1. The highest BCUT2D eigenvalue weighted by Crippen LogP contribution is 2.30. The fourth-order valence-corrected chi connectivity index (χ4v) is 4.76. The molecule has 2 fully saturated rings. The van der Waals surface area contributed by atoms with E-state index in [9.17, 15) is 18.0 Å². The number of anilines is 2. The van der Waals surface area contributed by atoms with Gasteiger partial charge in [-0.2, -0.15) is 13.2 Å². The maximum Gasteiger partial charge on any atom is 0.417 e. The summed E-state index contributed by atoms with van der Waals surface area (Å²) >= 11 is 5.97. The highest BCUT2D eigenvalue weighted by molar-refractivity contribution is 6.30. The number of nitrogens with one attached hydrogen (secondary N) is 1. The normalized spacial score (nSPS) is 18.1. The molecule has 4 rings (SSSR count). The zero-order valence-corrected chi connectivity index (χ0v) is 20.4. The number of alkyl halides is 3. The molecule has 2 saturated heterocycles. The average molecular weight is 510 g/mol. The number of nitrogens with zero attached hydrogens (tertiary/aromatic N) is 4. The zero-order chi connectivity index (χ0) is 24.8. The Hall–Kier alpha value is -2.52. The number of pyridine rings is 1. The molecule has 2 aliphatic heterocycles. The van der Waals surface area contributed by atoms with Crippen LogP contribution in [0.1, 0.15) is 31.2 Å². The fourth-order valence-electron chi connectivity index (χ4n) is 4.64. The van der Waals surface area contributed by atoms with E-state index >= 15 is 0 Å². The lowest BCUT2D eigenvalue weighted by Crippen LogP contribution is -2.47. The number of carbonyl (C=O) groups excluding carboxylic acids is 1. The van der Waals surface area contributed by atoms with Crippen LogP contribution in [0, 0.1) is 0 Å². The third-order valence-electron chi connectivity index (χ3n) is 6.70. The van der Waals surface area contributed by atoms with Gasteiger partial charge in [-0.05, 0) is 62.2 Å². The molecule has 190 valence electrons. The average Bonchev–Trinajstić information content (AvgIpc) is 2.85. The van der Waals surface area contributed by atoms with Gasteiger partial charge >= 0.3 is 6.18 Å². The summed E-state index contributed by atoms with van der Waals surface area (Å²) < 4.78 is 38.2. The van der Waals surface area contributed by atoms with Crippen LogP contribution in [0.2, 0.25) is 5.02 Å². The van der Waals surface area contributed by atoms with Crippen LogP contribution in [0.4, 0.5) is 24.7 Å². The summed E-state index contributed by atoms with van der Waals surface area (Å²) in [6.45, 7) is 6.07. The van der Waals surface area contributed by atoms with Gasteiger partial charge in [-0.1, -0.05) is 11.6 Å². The minimum Gasteiger partial charge on any atom is -0.369 e. The van der Waals surface area contributed by atoms with Crippen LogP contribution in [0.3, 0.4) is 0 Å². The summed E-state index contributed by atoms with van der Waals surface area (Å²) in [6.07, 6.45) is -0.684. The number of piperazine rings is 1. The third kappa shape index (κ3) is 7.24. The van der Waals surface area contributed by atoms with E-state index in [1.165, 1.54) is 11.8 Å². The van der Waals surface area contributed by atoms with Crippen molar-refractivity contribution in [2.24, 2.45) is 0 Å². The molecule has 35 heavy (non-hydrogen) atoms. The predicted octanol–water partition coefficient (Wildman–Crippen LogP) is 4.44. The highest BCUT2D eigenvalue weighted by atomic mass is 35.5. The molecule has 6 nitrogen and oxygen atoms in total. The van der Waals surface area contributed by atoms with E-state index in [1.54, 1.807) is 0 Å². The minimum absolute atomic E-state index is 0.0657. The number of hydrogen-bond acceptors (Lipinski definition) is 5. The third-order valence-corrected chi connectivity index (χ3v) is 6.95. The number of rotatable bonds is 7. The Bertz CT molecular complexity index is 955. The van der Waals surface area contributed by atoms with E-state index in [0.29, 0.717) is 25.3 Å². The highest BCUT2D eigenvalue weighted by Gasteiger charge is 2.31. The molecule has 0 saturated carbocycles. The maximum atomic E-state index is 12.7. The Morgan fingerprint density at radius 1 is 0.971 bits per heavy atom. The first kappa shape index (κ1) is 25.6. The zero-order valence-electron chi connectivity index (χ0n) is 19.6.